The molecule has 3 N–H and O–H groups in total. The molecular formula is C12H14ClN3O. The quantitative estimate of drug-likeness (QED) is 0.862. The molecule has 90 valence electrons. The third-order valence-corrected chi connectivity index (χ3v) is 2.62. The lowest BCUT2D eigenvalue weighted by Crippen LogP contribution is -2.35. The summed E-state index contributed by atoms with van der Waals surface area (Å²) in [5.41, 5.74) is 6.53. The van der Waals surface area contributed by atoms with Crippen LogP contribution in [-0.4, -0.2) is 11.9 Å². The number of nitrogens with zero attached hydrogens (tertiary/aromatic N) is 1. The van der Waals surface area contributed by atoms with E-state index in [2.05, 4.69) is 5.32 Å². The molecule has 0 aliphatic carbocycles. The van der Waals surface area contributed by atoms with Crippen LogP contribution in [0.25, 0.3) is 0 Å². The maximum atomic E-state index is 11.7. The summed E-state index contributed by atoms with van der Waals surface area (Å²) in [6.07, 6.45) is 1.45. The van der Waals surface area contributed by atoms with Crippen LogP contribution in [0.4, 0.5) is 5.69 Å². The molecule has 4 nitrogen and oxygen atoms in total. The van der Waals surface area contributed by atoms with Crippen LogP contribution in [0.2, 0.25) is 5.02 Å². The minimum atomic E-state index is -0.554. The Kier molecular flexibility index (Phi) is 4.95. The summed E-state index contributed by atoms with van der Waals surface area (Å²) < 4.78 is 0. The van der Waals surface area contributed by atoms with E-state index in [-0.39, 0.29) is 5.91 Å². The number of carbonyl (C=O) groups excluding carboxylic acids is 1. The molecule has 0 radical (unpaired) electrons. The number of rotatable bonds is 4. The minimum Gasteiger partial charge on any atom is -0.323 e. The van der Waals surface area contributed by atoms with Crippen LogP contribution in [0, 0.1) is 11.3 Å². The Morgan fingerprint density at radius 3 is 2.94 bits per heavy atom. The topological polar surface area (TPSA) is 78.9 Å². The van der Waals surface area contributed by atoms with Crippen LogP contribution in [0.1, 0.15) is 25.3 Å². The molecule has 1 amide bonds. The van der Waals surface area contributed by atoms with Crippen molar-refractivity contribution < 1.29 is 4.79 Å². The first-order chi connectivity index (χ1) is 8.08. The van der Waals surface area contributed by atoms with Gasteiger partial charge in [0, 0.05) is 0 Å². The van der Waals surface area contributed by atoms with Crippen LogP contribution in [0.5, 0.6) is 0 Å². The zero-order chi connectivity index (χ0) is 12.8. The number of anilines is 1. The summed E-state index contributed by atoms with van der Waals surface area (Å²) in [6, 6.07) is 6.11. The summed E-state index contributed by atoms with van der Waals surface area (Å²) in [5.74, 6) is -0.288. The third-order valence-electron chi connectivity index (χ3n) is 2.29. The Labute approximate surface area is 105 Å². The molecule has 1 atom stereocenters. The van der Waals surface area contributed by atoms with E-state index in [1.807, 2.05) is 13.0 Å². The van der Waals surface area contributed by atoms with E-state index in [1.54, 1.807) is 12.1 Å². The van der Waals surface area contributed by atoms with Gasteiger partial charge in [-0.25, -0.2) is 0 Å². The monoisotopic (exact) mass is 251 g/mol. The second-order valence-corrected chi connectivity index (χ2v) is 4.10. The van der Waals surface area contributed by atoms with Crippen molar-refractivity contribution in [2.24, 2.45) is 5.73 Å². The Morgan fingerprint density at radius 1 is 1.65 bits per heavy atom. The molecule has 0 fully saturated rings. The van der Waals surface area contributed by atoms with Gasteiger partial charge < -0.3 is 11.1 Å². The highest BCUT2D eigenvalue weighted by Crippen LogP contribution is 2.22. The van der Waals surface area contributed by atoms with Crippen molar-refractivity contribution in [2.75, 3.05) is 5.32 Å². The molecule has 0 saturated heterocycles. The highest BCUT2D eigenvalue weighted by Gasteiger charge is 2.13. The molecule has 1 rings (SSSR count). The molecule has 17 heavy (non-hydrogen) atoms. The van der Waals surface area contributed by atoms with E-state index in [0.717, 1.165) is 6.42 Å². The largest absolute Gasteiger partial charge is 0.323 e. The van der Waals surface area contributed by atoms with Gasteiger partial charge in [0.05, 0.1) is 28.4 Å². The lowest BCUT2D eigenvalue weighted by molar-refractivity contribution is -0.117. The van der Waals surface area contributed by atoms with Gasteiger partial charge in [0.1, 0.15) is 0 Å². The van der Waals surface area contributed by atoms with E-state index >= 15 is 0 Å². The Morgan fingerprint density at radius 2 is 2.35 bits per heavy atom. The molecule has 0 aromatic heterocycles. The van der Waals surface area contributed by atoms with Crippen molar-refractivity contribution in [1.29, 1.82) is 5.26 Å². The van der Waals surface area contributed by atoms with Crippen LogP contribution in [-0.2, 0) is 4.79 Å². The van der Waals surface area contributed by atoms with Crippen molar-refractivity contribution in [3.8, 4) is 6.07 Å². The van der Waals surface area contributed by atoms with E-state index in [0.29, 0.717) is 22.7 Å². The van der Waals surface area contributed by atoms with Crippen LogP contribution >= 0.6 is 11.6 Å². The molecule has 0 aliphatic heterocycles. The fourth-order valence-corrected chi connectivity index (χ4v) is 1.52. The van der Waals surface area contributed by atoms with Crippen LogP contribution in [0.15, 0.2) is 18.2 Å². The molecule has 0 spiro atoms. The van der Waals surface area contributed by atoms with Crippen molar-refractivity contribution in [2.45, 2.75) is 25.8 Å². The number of carbonyl (C=O) groups is 1. The first kappa shape index (κ1) is 13.5. The summed E-state index contributed by atoms with van der Waals surface area (Å²) >= 11 is 5.91. The summed E-state index contributed by atoms with van der Waals surface area (Å²) in [4.78, 5) is 11.7. The van der Waals surface area contributed by atoms with Gasteiger partial charge in [0.2, 0.25) is 5.91 Å². The van der Waals surface area contributed by atoms with Gasteiger partial charge in [-0.05, 0) is 24.6 Å². The summed E-state index contributed by atoms with van der Waals surface area (Å²) in [5, 5.41) is 11.8. The molecule has 1 aromatic carbocycles. The van der Waals surface area contributed by atoms with Crippen molar-refractivity contribution in [1.82, 2.24) is 0 Å². The first-order valence-corrected chi connectivity index (χ1v) is 5.72. The molecule has 0 saturated carbocycles. The summed E-state index contributed by atoms with van der Waals surface area (Å²) in [7, 11) is 0. The second kappa shape index (κ2) is 6.24. The number of benzene rings is 1. The van der Waals surface area contributed by atoms with Crippen molar-refractivity contribution >= 4 is 23.2 Å². The molecule has 0 bridgehead atoms. The third kappa shape index (κ3) is 3.74. The Balaban J connectivity index is 2.81. The predicted octanol–water partition coefficient (Wildman–Crippen LogP) is 2.28. The molecule has 1 aromatic rings. The number of hydrogen-bond acceptors (Lipinski definition) is 3. The average Bonchev–Trinajstić information content (AvgIpc) is 2.32. The molecule has 5 heteroatoms. The van der Waals surface area contributed by atoms with Crippen LogP contribution < -0.4 is 11.1 Å². The van der Waals surface area contributed by atoms with Crippen LogP contribution in [0.3, 0.4) is 0 Å². The molecule has 0 aliphatic rings. The SMILES string of the molecule is CCC[C@H](N)C(=O)Nc1cc(C#N)ccc1Cl. The lowest BCUT2D eigenvalue weighted by Gasteiger charge is -2.12. The summed E-state index contributed by atoms with van der Waals surface area (Å²) in [6.45, 7) is 1.95. The molecular weight excluding hydrogens is 238 g/mol. The number of hydrogen-bond donors (Lipinski definition) is 2. The maximum absolute atomic E-state index is 11.7. The fraction of sp³-hybridized carbons (Fsp3) is 0.333. The van der Waals surface area contributed by atoms with Gasteiger partial charge in [-0.15, -0.1) is 0 Å². The fourth-order valence-electron chi connectivity index (χ4n) is 1.36. The van der Waals surface area contributed by atoms with E-state index in [1.165, 1.54) is 6.07 Å². The Hall–Kier alpha value is -1.57. The molecule has 0 unspecified atom stereocenters. The highest BCUT2D eigenvalue weighted by atomic mass is 35.5. The van der Waals surface area contributed by atoms with Gasteiger partial charge in [-0.1, -0.05) is 24.9 Å². The zero-order valence-corrected chi connectivity index (χ0v) is 10.3. The molecule has 0 heterocycles. The van der Waals surface area contributed by atoms with Crippen molar-refractivity contribution in [3.63, 3.8) is 0 Å². The van der Waals surface area contributed by atoms with Gasteiger partial charge in [-0.2, -0.15) is 5.26 Å². The van der Waals surface area contributed by atoms with E-state index < -0.39 is 6.04 Å². The van der Waals surface area contributed by atoms with Gasteiger partial charge in [0.25, 0.3) is 0 Å². The van der Waals surface area contributed by atoms with E-state index in [4.69, 9.17) is 22.6 Å². The average molecular weight is 252 g/mol. The number of halogens is 1. The predicted molar refractivity (Wildman–Crippen MR) is 67.7 cm³/mol. The number of nitrogens with two attached hydrogens (primary N) is 1. The lowest BCUT2D eigenvalue weighted by atomic mass is 10.1. The zero-order valence-electron chi connectivity index (χ0n) is 9.53. The highest BCUT2D eigenvalue weighted by molar-refractivity contribution is 6.33. The van der Waals surface area contributed by atoms with Gasteiger partial charge >= 0.3 is 0 Å². The van der Waals surface area contributed by atoms with Crippen molar-refractivity contribution in [3.05, 3.63) is 28.8 Å². The second-order valence-electron chi connectivity index (χ2n) is 3.69. The Bertz CT molecular complexity index is 454. The van der Waals surface area contributed by atoms with E-state index in [9.17, 15) is 4.79 Å². The van der Waals surface area contributed by atoms with Gasteiger partial charge in [0.15, 0.2) is 0 Å². The normalized spacial score (nSPS) is 11.6. The minimum absolute atomic E-state index is 0.288. The van der Waals surface area contributed by atoms with Gasteiger partial charge in [-0.3, -0.25) is 4.79 Å². The smallest absolute Gasteiger partial charge is 0.241 e. The standard InChI is InChI=1S/C12H14ClN3O/c1-2-3-10(15)12(17)16-11-6-8(7-14)4-5-9(11)13/h4-6,10H,2-3,15H2,1H3,(H,16,17)/t10-/m0/s1. The number of nitrogens with one attached hydrogen (secondary N) is 1. The first-order valence-electron chi connectivity index (χ1n) is 5.34. The number of nitriles is 1. The maximum Gasteiger partial charge on any atom is 0.241 e. The number of amides is 1.